The molecule has 1 amide bonds. The number of rotatable bonds is 0. The number of carbonyl (C=O) groups is 1. The lowest BCUT2D eigenvalue weighted by Crippen LogP contribution is -2.27. The highest BCUT2D eigenvalue weighted by Crippen LogP contribution is 2.32. The number of fused-ring (bicyclic) bond motifs is 1. The Morgan fingerprint density at radius 1 is 1.46 bits per heavy atom. The molecular formula is C9H9BrN2O. The first kappa shape index (κ1) is 8.56. The monoisotopic (exact) mass is 240 g/mol. The van der Waals surface area contributed by atoms with Crippen LogP contribution in [0.3, 0.4) is 0 Å². The Bertz CT molecular complexity index is 376. The normalized spacial score (nSPS) is 14.5. The van der Waals surface area contributed by atoms with Gasteiger partial charge in [-0.15, -0.1) is 0 Å². The number of amides is 1. The largest absolute Gasteiger partial charge is 0.374 e. The van der Waals surface area contributed by atoms with Gasteiger partial charge < -0.3 is 10.6 Å². The molecule has 13 heavy (non-hydrogen) atoms. The molecule has 0 atom stereocenters. The lowest BCUT2D eigenvalue weighted by Gasteiger charge is -2.21. The van der Waals surface area contributed by atoms with Gasteiger partial charge in [-0.05, 0) is 24.6 Å². The van der Waals surface area contributed by atoms with Crippen LogP contribution in [-0.2, 0) is 4.79 Å². The fourth-order valence-electron chi connectivity index (χ4n) is 1.35. The fourth-order valence-corrected chi connectivity index (χ4v) is 1.68. The molecule has 0 saturated carbocycles. The van der Waals surface area contributed by atoms with Crippen molar-refractivity contribution in [2.45, 2.75) is 6.92 Å². The van der Waals surface area contributed by atoms with Crippen molar-refractivity contribution in [2.24, 2.45) is 0 Å². The predicted molar refractivity (Wildman–Crippen MR) is 56.0 cm³/mol. The van der Waals surface area contributed by atoms with E-state index in [0.717, 1.165) is 21.4 Å². The fraction of sp³-hybridized carbons (Fsp3) is 0.222. The second-order valence-corrected chi connectivity index (χ2v) is 3.85. The number of anilines is 2. The molecule has 1 aromatic rings. The summed E-state index contributed by atoms with van der Waals surface area (Å²) in [7, 11) is 0. The molecule has 0 bridgehead atoms. The smallest absolute Gasteiger partial charge is 0.243 e. The van der Waals surface area contributed by atoms with Gasteiger partial charge in [0.05, 0.1) is 17.9 Å². The van der Waals surface area contributed by atoms with Crippen LogP contribution in [0.1, 0.15) is 5.56 Å². The first-order valence-electron chi connectivity index (χ1n) is 4.01. The summed E-state index contributed by atoms with van der Waals surface area (Å²) in [4.78, 5) is 11.1. The van der Waals surface area contributed by atoms with Gasteiger partial charge in [0.25, 0.3) is 0 Å². The number of carbonyl (C=O) groups excluding carboxylic acids is 1. The first-order valence-corrected chi connectivity index (χ1v) is 4.80. The van der Waals surface area contributed by atoms with Crippen molar-refractivity contribution in [3.05, 3.63) is 22.2 Å². The Kier molecular flexibility index (Phi) is 2.00. The lowest BCUT2D eigenvalue weighted by atomic mass is 10.1. The van der Waals surface area contributed by atoms with Gasteiger partial charge in [-0.2, -0.15) is 0 Å². The van der Waals surface area contributed by atoms with Crippen molar-refractivity contribution in [1.82, 2.24) is 0 Å². The van der Waals surface area contributed by atoms with Crippen molar-refractivity contribution in [3.8, 4) is 0 Å². The van der Waals surface area contributed by atoms with Crippen LogP contribution in [0, 0.1) is 6.92 Å². The van der Waals surface area contributed by atoms with Crippen molar-refractivity contribution < 1.29 is 4.79 Å². The molecule has 4 heteroatoms. The quantitative estimate of drug-likeness (QED) is 0.730. The maximum Gasteiger partial charge on any atom is 0.243 e. The average molecular weight is 241 g/mol. The maximum absolute atomic E-state index is 11.1. The van der Waals surface area contributed by atoms with Crippen molar-refractivity contribution >= 4 is 33.2 Å². The Labute approximate surface area is 84.6 Å². The van der Waals surface area contributed by atoms with E-state index in [-0.39, 0.29) is 5.91 Å². The second kappa shape index (κ2) is 3.03. The Balaban J connectivity index is 2.54. The standard InChI is InChI=1S/C9H9BrN2O/c1-5-6(10)2-3-7-9(5)12-8(13)4-11-7/h2-3,11H,4H2,1H3,(H,12,13). The van der Waals surface area contributed by atoms with Gasteiger partial charge in [0.1, 0.15) is 0 Å². The molecule has 1 heterocycles. The third-order valence-corrected chi connectivity index (χ3v) is 2.96. The van der Waals surface area contributed by atoms with Crippen LogP contribution < -0.4 is 10.6 Å². The minimum absolute atomic E-state index is 0.00806. The zero-order chi connectivity index (χ0) is 9.42. The van der Waals surface area contributed by atoms with E-state index < -0.39 is 0 Å². The van der Waals surface area contributed by atoms with E-state index in [9.17, 15) is 4.79 Å². The number of hydrogen-bond donors (Lipinski definition) is 2. The van der Waals surface area contributed by atoms with Gasteiger partial charge in [-0.25, -0.2) is 0 Å². The average Bonchev–Trinajstić information content (AvgIpc) is 2.12. The molecule has 0 fully saturated rings. The predicted octanol–water partition coefficient (Wildman–Crippen LogP) is 2.12. The van der Waals surface area contributed by atoms with E-state index >= 15 is 0 Å². The molecule has 0 saturated heterocycles. The van der Waals surface area contributed by atoms with E-state index in [4.69, 9.17) is 0 Å². The summed E-state index contributed by atoms with van der Waals surface area (Å²) in [6.45, 7) is 2.32. The molecule has 0 unspecified atom stereocenters. The van der Waals surface area contributed by atoms with Gasteiger partial charge in [0.15, 0.2) is 0 Å². The molecule has 3 nitrogen and oxygen atoms in total. The zero-order valence-electron chi connectivity index (χ0n) is 7.15. The summed E-state index contributed by atoms with van der Waals surface area (Å²) in [6, 6.07) is 3.92. The molecule has 0 aliphatic carbocycles. The third kappa shape index (κ3) is 1.42. The summed E-state index contributed by atoms with van der Waals surface area (Å²) in [5.41, 5.74) is 2.92. The minimum atomic E-state index is 0.00806. The topological polar surface area (TPSA) is 41.1 Å². The summed E-state index contributed by atoms with van der Waals surface area (Å²) in [5, 5.41) is 5.89. The third-order valence-electron chi connectivity index (χ3n) is 2.10. The molecule has 1 aromatic carbocycles. The number of hydrogen-bond acceptors (Lipinski definition) is 2. The summed E-state index contributed by atoms with van der Waals surface area (Å²) < 4.78 is 1.01. The highest BCUT2D eigenvalue weighted by atomic mass is 79.9. The van der Waals surface area contributed by atoms with Gasteiger partial charge in [-0.1, -0.05) is 15.9 Å². The molecule has 0 spiro atoms. The van der Waals surface area contributed by atoms with Crippen molar-refractivity contribution in [3.63, 3.8) is 0 Å². The zero-order valence-corrected chi connectivity index (χ0v) is 8.73. The summed E-state index contributed by atoms with van der Waals surface area (Å²) in [6.07, 6.45) is 0. The molecule has 2 rings (SSSR count). The number of benzene rings is 1. The highest BCUT2D eigenvalue weighted by molar-refractivity contribution is 9.10. The molecule has 2 N–H and O–H groups in total. The first-order chi connectivity index (χ1) is 6.18. The highest BCUT2D eigenvalue weighted by Gasteiger charge is 2.16. The van der Waals surface area contributed by atoms with Gasteiger partial charge >= 0.3 is 0 Å². The Morgan fingerprint density at radius 3 is 3.00 bits per heavy atom. The molecule has 0 radical (unpaired) electrons. The van der Waals surface area contributed by atoms with Crippen LogP contribution in [0.4, 0.5) is 11.4 Å². The minimum Gasteiger partial charge on any atom is -0.374 e. The van der Waals surface area contributed by atoms with E-state index in [0.29, 0.717) is 6.54 Å². The van der Waals surface area contributed by atoms with Gasteiger partial charge in [-0.3, -0.25) is 4.79 Å². The summed E-state index contributed by atoms with van der Waals surface area (Å²) in [5.74, 6) is 0.00806. The van der Waals surface area contributed by atoms with E-state index in [1.807, 2.05) is 19.1 Å². The SMILES string of the molecule is Cc1c(Br)ccc2c1NC(=O)CN2. The molecular weight excluding hydrogens is 232 g/mol. The van der Waals surface area contributed by atoms with E-state index in [1.165, 1.54) is 0 Å². The van der Waals surface area contributed by atoms with Gasteiger partial charge in [0.2, 0.25) is 5.91 Å². The van der Waals surface area contributed by atoms with Crippen LogP contribution in [0.15, 0.2) is 16.6 Å². The Morgan fingerprint density at radius 2 is 2.23 bits per heavy atom. The molecule has 0 aromatic heterocycles. The summed E-state index contributed by atoms with van der Waals surface area (Å²) >= 11 is 3.42. The van der Waals surface area contributed by atoms with Gasteiger partial charge in [0, 0.05) is 4.47 Å². The van der Waals surface area contributed by atoms with Crippen LogP contribution in [0.2, 0.25) is 0 Å². The molecule has 1 aliphatic heterocycles. The maximum atomic E-state index is 11.1. The van der Waals surface area contributed by atoms with Crippen LogP contribution in [0.25, 0.3) is 0 Å². The number of nitrogens with one attached hydrogen (secondary N) is 2. The molecule has 68 valence electrons. The van der Waals surface area contributed by atoms with E-state index in [2.05, 4.69) is 26.6 Å². The van der Waals surface area contributed by atoms with Crippen molar-refractivity contribution in [2.75, 3.05) is 17.2 Å². The van der Waals surface area contributed by atoms with Crippen LogP contribution >= 0.6 is 15.9 Å². The van der Waals surface area contributed by atoms with Crippen LogP contribution in [-0.4, -0.2) is 12.5 Å². The van der Waals surface area contributed by atoms with Crippen molar-refractivity contribution in [1.29, 1.82) is 0 Å². The number of halogens is 1. The second-order valence-electron chi connectivity index (χ2n) is 3.00. The Hall–Kier alpha value is -1.03. The lowest BCUT2D eigenvalue weighted by molar-refractivity contribution is -0.114. The molecule has 1 aliphatic rings. The van der Waals surface area contributed by atoms with Crippen LogP contribution in [0.5, 0.6) is 0 Å². The van der Waals surface area contributed by atoms with E-state index in [1.54, 1.807) is 0 Å².